The lowest BCUT2D eigenvalue weighted by molar-refractivity contribution is 0.301. The van der Waals surface area contributed by atoms with Crippen LogP contribution in [-0.4, -0.2) is 14.1 Å². The van der Waals surface area contributed by atoms with Gasteiger partial charge < -0.3 is 10.6 Å². The summed E-state index contributed by atoms with van der Waals surface area (Å²) in [6.45, 7) is 0. The van der Waals surface area contributed by atoms with Crippen molar-refractivity contribution in [2.24, 2.45) is 5.73 Å². The molecule has 18 heavy (non-hydrogen) atoms. The summed E-state index contributed by atoms with van der Waals surface area (Å²) in [6.07, 6.45) is 4.92. The molecule has 0 amide bonds. The highest BCUT2D eigenvalue weighted by Gasteiger charge is 2.33. The van der Waals surface area contributed by atoms with Gasteiger partial charge in [-0.05, 0) is 24.5 Å². The summed E-state index contributed by atoms with van der Waals surface area (Å²) >= 11 is 0. The molecule has 1 aliphatic rings. The third-order valence-corrected chi connectivity index (χ3v) is 3.80. The zero-order valence-electron chi connectivity index (χ0n) is 11.0. The summed E-state index contributed by atoms with van der Waals surface area (Å²) in [7, 11) is 3.64. The summed E-state index contributed by atoms with van der Waals surface area (Å²) < 4.78 is 26.9. The molecule has 0 spiro atoms. The first kappa shape index (κ1) is 13.3. The molecule has 0 atom stereocenters. The summed E-state index contributed by atoms with van der Waals surface area (Å²) in [4.78, 5) is 1.79. The third-order valence-electron chi connectivity index (χ3n) is 3.80. The van der Waals surface area contributed by atoms with Crippen molar-refractivity contribution < 1.29 is 8.78 Å². The van der Waals surface area contributed by atoms with E-state index < -0.39 is 17.2 Å². The second-order valence-electron chi connectivity index (χ2n) is 5.39. The fourth-order valence-corrected chi connectivity index (χ4v) is 2.76. The number of rotatable bonds is 2. The van der Waals surface area contributed by atoms with Crippen LogP contribution in [0, 0.1) is 11.6 Å². The van der Waals surface area contributed by atoms with Crippen LogP contribution in [0.4, 0.5) is 14.5 Å². The Labute approximate surface area is 107 Å². The van der Waals surface area contributed by atoms with Crippen LogP contribution in [0.1, 0.15) is 37.7 Å². The van der Waals surface area contributed by atoms with E-state index in [-0.39, 0.29) is 0 Å². The van der Waals surface area contributed by atoms with Crippen LogP contribution in [0.2, 0.25) is 0 Å². The second-order valence-corrected chi connectivity index (χ2v) is 5.39. The molecule has 2 N–H and O–H groups in total. The predicted octanol–water partition coefficient (Wildman–Crippen LogP) is 3.15. The summed E-state index contributed by atoms with van der Waals surface area (Å²) in [5.41, 5.74) is 7.31. The van der Waals surface area contributed by atoms with E-state index in [0.717, 1.165) is 31.2 Å². The maximum atomic E-state index is 13.5. The second kappa shape index (κ2) is 4.84. The lowest BCUT2D eigenvalue weighted by Gasteiger charge is -2.36. The molecule has 0 radical (unpaired) electrons. The van der Waals surface area contributed by atoms with Gasteiger partial charge in [-0.15, -0.1) is 0 Å². The first-order valence-electron chi connectivity index (χ1n) is 6.40. The highest BCUT2D eigenvalue weighted by atomic mass is 19.2. The average molecular weight is 254 g/mol. The maximum absolute atomic E-state index is 13.5. The number of hydrogen-bond acceptors (Lipinski definition) is 2. The minimum Gasteiger partial charge on any atom is -0.377 e. The van der Waals surface area contributed by atoms with Gasteiger partial charge in [-0.25, -0.2) is 8.78 Å². The van der Waals surface area contributed by atoms with Crippen molar-refractivity contribution in [1.29, 1.82) is 0 Å². The number of anilines is 1. The van der Waals surface area contributed by atoms with Crippen LogP contribution in [0.3, 0.4) is 0 Å². The number of hydrogen-bond donors (Lipinski definition) is 1. The highest BCUT2D eigenvalue weighted by Crippen LogP contribution is 2.39. The number of nitrogens with zero attached hydrogens (tertiary/aromatic N) is 1. The summed E-state index contributed by atoms with van der Waals surface area (Å²) in [5.74, 6) is -1.63. The van der Waals surface area contributed by atoms with Gasteiger partial charge in [0.25, 0.3) is 0 Å². The molecular weight excluding hydrogens is 234 g/mol. The Balaban J connectivity index is 2.50. The van der Waals surface area contributed by atoms with Gasteiger partial charge in [-0.2, -0.15) is 0 Å². The molecule has 0 unspecified atom stereocenters. The Morgan fingerprint density at radius 3 is 2.17 bits per heavy atom. The Hall–Kier alpha value is -1.16. The van der Waals surface area contributed by atoms with Crippen LogP contribution < -0.4 is 10.6 Å². The molecule has 0 aliphatic heterocycles. The smallest absolute Gasteiger partial charge is 0.160 e. The molecule has 2 nitrogen and oxygen atoms in total. The lowest BCUT2D eigenvalue weighted by Crippen LogP contribution is -2.40. The van der Waals surface area contributed by atoms with E-state index in [0.29, 0.717) is 5.69 Å². The topological polar surface area (TPSA) is 29.3 Å². The molecule has 0 aromatic heterocycles. The van der Waals surface area contributed by atoms with E-state index in [4.69, 9.17) is 5.73 Å². The van der Waals surface area contributed by atoms with E-state index >= 15 is 0 Å². The minimum absolute atomic E-state index is 0.521. The molecule has 1 aliphatic carbocycles. The fraction of sp³-hybridized carbons (Fsp3) is 0.571. The Bertz CT molecular complexity index is 438. The molecule has 0 saturated heterocycles. The highest BCUT2D eigenvalue weighted by molar-refractivity contribution is 5.56. The Morgan fingerprint density at radius 2 is 1.61 bits per heavy atom. The predicted molar refractivity (Wildman–Crippen MR) is 69.6 cm³/mol. The van der Waals surface area contributed by atoms with Crippen molar-refractivity contribution in [3.05, 3.63) is 29.3 Å². The van der Waals surface area contributed by atoms with Crippen molar-refractivity contribution in [2.45, 2.75) is 37.6 Å². The molecule has 1 fully saturated rings. The van der Waals surface area contributed by atoms with Gasteiger partial charge in [0.1, 0.15) is 0 Å². The normalized spacial score (nSPS) is 18.7. The molecule has 0 bridgehead atoms. The molecule has 2 rings (SSSR count). The Kier molecular flexibility index (Phi) is 3.57. The largest absolute Gasteiger partial charge is 0.377 e. The van der Waals surface area contributed by atoms with Gasteiger partial charge in [0, 0.05) is 31.4 Å². The van der Waals surface area contributed by atoms with Crippen LogP contribution >= 0.6 is 0 Å². The molecule has 4 heteroatoms. The van der Waals surface area contributed by atoms with E-state index in [9.17, 15) is 8.78 Å². The average Bonchev–Trinajstić information content (AvgIpc) is 2.32. The van der Waals surface area contributed by atoms with Crippen LogP contribution in [0.25, 0.3) is 0 Å². The quantitative estimate of drug-likeness (QED) is 0.878. The molecule has 0 heterocycles. The van der Waals surface area contributed by atoms with Crippen LogP contribution in [0.5, 0.6) is 0 Å². The summed E-state index contributed by atoms with van der Waals surface area (Å²) in [5, 5.41) is 0. The van der Waals surface area contributed by atoms with E-state index in [1.165, 1.54) is 18.6 Å². The third kappa shape index (κ3) is 2.34. The molecule has 1 aromatic rings. The molecule has 1 aromatic carbocycles. The lowest BCUT2D eigenvalue weighted by atomic mass is 9.76. The van der Waals surface area contributed by atoms with Crippen molar-refractivity contribution >= 4 is 5.69 Å². The van der Waals surface area contributed by atoms with Gasteiger partial charge >= 0.3 is 0 Å². The number of benzene rings is 1. The van der Waals surface area contributed by atoms with Crippen LogP contribution in [0.15, 0.2) is 12.1 Å². The maximum Gasteiger partial charge on any atom is 0.160 e. The zero-order valence-corrected chi connectivity index (χ0v) is 11.0. The monoisotopic (exact) mass is 254 g/mol. The van der Waals surface area contributed by atoms with E-state index in [1.54, 1.807) is 4.90 Å². The molecule has 100 valence electrons. The van der Waals surface area contributed by atoms with Gasteiger partial charge in [0.15, 0.2) is 11.6 Å². The van der Waals surface area contributed by atoms with Gasteiger partial charge in [0.2, 0.25) is 0 Å². The van der Waals surface area contributed by atoms with Gasteiger partial charge in [-0.1, -0.05) is 19.3 Å². The first-order chi connectivity index (χ1) is 8.44. The van der Waals surface area contributed by atoms with Crippen LogP contribution in [-0.2, 0) is 5.54 Å². The molecular formula is C14H20F2N2. The van der Waals surface area contributed by atoms with Crippen molar-refractivity contribution in [2.75, 3.05) is 19.0 Å². The molecule has 1 saturated carbocycles. The summed E-state index contributed by atoms with van der Waals surface area (Å²) in [6, 6.07) is 2.52. The number of nitrogens with two attached hydrogens (primary N) is 1. The van der Waals surface area contributed by atoms with Gasteiger partial charge in [0.05, 0.1) is 0 Å². The minimum atomic E-state index is -0.818. The standard InChI is InChI=1S/C14H20F2N2/c1-18(2)13-9-12(16)11(15)8-10(13)14(17)6-4-3-5-7-14/h8-9H,3-7,17H2,1-2H3. The van der Waals surface area contributed by atoms with Gasteiger partial charge in [-0.3, -0.25) is 0 Å². The van der Waals surface area contributed by atoms with E-state index in [2.05, 4.69) is 0 Å². The number of halogens is 2. The van der Waals surface area contributed by atoms with E-state index in [1.807, 2.05) is 14.1 Å². The van der Waals surface area contributed by atoms with Crippen molar-refractivity contribution in [3.8, 4) is 0 Å². The van der Waals surface area contributed by atoms with Crippen molar-refractivity contribution in [3.63, 3.8) is 0 Å². The zero-order chi connectivity index (χ0) is 13.3. The SMILES string of the molecule is CN(C)c1cc(F)c(F)cc1C1(N)CCCCC1. The Morgan fingerprint density at radius 1 is 1.06 bits per heavy atom. The first-order valence-corrected chi connectivity index (χ1v) is 6.40. The van der Waals surface area contributed by atoms with Crippen molar-refractivity contribution in [1.82, 2.24) is 0 Å². The fourth-order valence-electron chi connectivity index (χ4n) is 2.76.